The van der Waals surface area contributed by atoms with Crippen molar-refractivity contribution >= 4 is 16.0 Å². The van der Waals surface area contributed by atoms with Gasteiger partial charge >= 0.3 is 0 Å². The van der Waals surface area contributed by atoms with Crippen molar-refractivity contribution in [2.24, 2.45) is 5.92 Å². The lowest BCUT2D eigenvalue weighted by atomic mass is 9.95. The molecule has 0 aliphatic carbocycles. The molecule has 21 heavy (non-hydrogen) atoms. The number of nitrogens with one attached hydrogen (secondary N) is 2. The highest BCUT2D eigenvalue weighted by Gasteiger charge is 2.28. The Kier molecular flexibility index (Phi) is 5.13. The van der Waals surface area contributed by atoms with Crippen LogP contribution in [0.15, 0.2) is 17.3 Å². The molecule has 0 spiro atoms. The van der Waals surface area contributed by atoms with Gasteiger partial charge in [-0.05, 0) is 32.9 Å². The molecule has 0 aromatic carbocycles. The van der Waals surface area contributed by atoms with Gasteiger partial charge in [0.15, 0.2) is 0 Å². The Morgan fingerprint density at radius 3 is 2.62 bits per heavy atom. The fraction of sp³-hybridized carbons (Fsp3) is 0.692. The highest BCUT2D eigenvalue weighted by Crippen LogP contribution is 2.18. The second-order valence-electron chi connectivity index (χ2n) is 5.53. The zero-order chi connectivity index (χ0) is 15.5. The monoisotopic (exact) mass is 313 g/mol. The summed E-state index contributed by atoms with van der Waals surface area (Å²) in [6.07, 6.45) is 3.49. The van der Waals surface area contributed by atoms with Crippen molar-refractivity contribution in [1.82, 2.24) is 19.6 Å². The highest BCUT2D eigenvalue weighted by atomic mass is 32.2. The van der Waals surface area contributed by atoms with E-state index in [0.29, 0.717) is 12.5 Å². The van der Waals surface area contributed by atoms with E-state index in [4.69, 9.17) is 0 Å². The molecule has 7 nitrogen and oxygen atoms in total. The predicted molar refractivity (Wildman–Crippen MR) is 81.6 cm³/mol. The molecule has 1 aliphatic rings. The summed E-state index contributed by atoms with van der Waals surface area (Å²) in [7, 11) is -1.51. The Morgan fingerprint density at radius 1 is 1.38 bits per heavy atom. The van der Waals surface area contributed by atoms with Crippen molar-refractivity contribution in [3.63, 3.8) is 0 Å². The van der Waals surface area contributed by atoms with E-state index in [1.807, 2.05) is 6.92 Å². The van der Waals surface area contributed by atoms with Gasteiger partial charge in [-0.2, -0.15) is 0 Å². The molecule has 1 aliphatic heterocycles. The maximum Gasteiger partial charge on any atom is 0.243 e. The van der Waals surface area contributed by atoms with Gasteiger partial charge in [-0.25, -0.2) is 23.1 Å². The Labute approximate surface area is 126 Å². The Bertz CT molecular complexity index is 560. The van der Waals surface area contributed by atoms with Crippen LogP contribution in [0.5, 0.6) is 0 Å². The molecule has 0 radical (unpaired) electrons. The van der Waals surface area contributed by atoms with Crippen LogP contribution in [0.1, 0.15) is 20.3 Å². The standard InChI is InChI=1S/C13H23N5O2S/c1-4-14-13-15-7-11(8-16-13)21(19,20)17-12-5-6-18(3)9-10(12)2/h7-8,10,12,17H,4-6,9H2,1-3H3,(H,14,15,16). The summed E-state index contributed by atoms with van der Waals surface area (Å²) < 4.78 is 27.5. The van der Waals surface area contributed by atoms with Gasteiger partial charge in [0.25, 0.3) is 0 Å². The molecule has 0 amide bonds. The van der Waals surface area contributed by atoms with Crippen LogP contribution in [0.4, 0.5) is 5.95 Å². The molecule has 118 valence electrons. The second kappa shape index (κ2) is 6.67. The fourth-order valence-electron chi connectivity index (χ4n) is 2.50. The maximum atomic E-state index is 12.4. The number of nitrogens with zero attached hydrogens (tertiary/aromatic N) is 3. The summed E-state index contributed by atoms with van der Waals surface area (Å²) in [5, 5.41) is 2.94. The first kappa shape index (κ1) is 16.1. The van der Waals surface area contributed by atoms with E-state index in [-0.39, 0.29) is 16.9 Å². The smallest absolute Gasteiger partial charge is 0.243 e. The number of hydrogen-bond acceptors (Lipinski definition) is 6. The summed E-state index contributed by atoms with van der Waals surface area (Å²) in [6, 6.07) is -0.0420. The Balaban J connectivity index is 2.07. The summed E-state index contributed by atoms with van der Waals surface area (Å²) in [4.78, 5) is 10.3. The van der Waals surface area contributed by atoms with Crippen molar-refractivity contribution in [1.29, 1.82) is 0 Å². The molecule has 1 aromatic heterocycles. The summed E-state index contributed by atoms with van der Waals surface area (Å²) in [5.41, 5.74) is 0. The molecule has 2 N–H and O–H groups in total. The van der Waals surface area contributed by atoms with E-state index in [0.717, 1.165) is 19.5 Å². The zero-order valence-corrected chi connectivity index (χ0v) is 13.5. The van der Waals surface area contributed by atoms with Crippen molar-refractivity contribution in [2.45, 2.75) is 31.2 Å². The Hall–Kier alpha value is -1.25. The number of piperidine rings is 1. The summed E-state index contributed by atoms with van der Waals surface area (Å²) >= 11 is 0. The van der Waals surface area contributed by atoms with Crippen LogP contribution in [0.3, 0.4) is 0 Å². The molecule has 0 saturated carbocycles. The first-order valence-electron chi connectivity index (χ1n) is 7.19. The molecular weight excluding hydrogens is 290 g/mol. The average Bonchev–Trinajstić information content (AvgIpc) is 2.43. The first-order valence-corrected chi connectivity index (χ1v) is 8.67. The predicted octanol–water partition coefficient (Wildman–Crippen LogP) is 0.527. The van der Waals surface area contributed by atoms with Crippen LogP contribution in [-0.2, 0) is 10.0 Å². The molecule has 1 aromatic rings. The number of sulfonamides is 1. The molecular formula is C13H23N5O2S. The van der Waals surface area contributed by atoms with E-state index in [1.54, 1.807) is 0 Å². The van der Waals surface area contributed by atoms with Crippen molar-refractivity contribution < 1.29 is 8.42 Å². The summed E-state index contributed by atoms with van der Waals surface area (Å²) in [5.74, 6) is 0.713. The molecule has 2 atom stereocenters. The lowest BCUT2D eigenvalue weighted by Gasteiger charge is -2.34. The van der Waals surface area contributed by atoms with E-state index >= 15 is 0 Å². The highest BCUT2D eigenvalue weighted by molar-refractivity contribution is 7.89. The van der Waals surface area contributed by atoms with Crippen LogP contribution in [0.25, 0.3) is 0 Å². The SMILES string of the molecule is CCNc1ncc(S(=O)(=O)NC2CCN(C)CC2C)cn1. The van der Waals surface area contributed by atoms with Crippen molar-refractivity contribution in [3.05, 3.63) is 12.4 Å². The Morgan fingerprint density at radius 2 is 2.05 bits per heavy atom. The minimum Gasteiger partial charge on any atom is -0.355 e. The van der Waals surface area contributed by atoms with Crippen LogP contribution < -0.4 is 10.0 Å². The van der Waals surface area contributed by atoms with E-state index in [9.17, 15) is 8.42 Å². The third-order valence-corrected chi connectivity index (χ3v) is 5.13. The van der Waals surface area contributed by atoms with Gasteiger partial charge in [-0.15, -0.1) is 0 Å². The van der Waals surface area contributed by atoms with Gasteiger partial charge in [0, 0.05) is 19.1 Å². The van der Waals surface area contributed by atoms with Gasteiger partial charge < -0.3 is 10.2 Å². The molecule has 0 bridgehead atoms. The van der Waals surface area contributed by atoms with Crippen LogP contribution >= 0.6 is 0 Å². The number of anilines is 1. The van der Waals surface area contributed by atoms with Crippen LogP contribution in [-0.4, -0.2) is 56.0 Å². The van der Waals surface area contributed by atoms with E-state index in [2.05, 4.69) is 38.9 Å². The number of rotatable bonds is 5. The second-order valence-corrected chi connectivity index (χ2v) is 7.24. The largest absolute Gasteiger partial charge is 0.355 e. The quantitative estimate of drug-likeness (QED) is 0.824. The number of likely N-dealkylation sites (tertiary alicyclic amines) is 1. The normalized spacial score (nSPS) is 24.0. The number of aromatic nitrogens is 2. The molecule has 2 unspecified atom stereocenters. The average molecular weight is 313 g/mol. The van der Waals surface area contributed by atoms with E-state index < -0.39 is 10.0 Å². The van der Waals surface area contributed by atoms with Gasteiger partial charge in [-0.1, -0.05) is 6.92 Å². The van der Waals surface area contributed by atoms with Gasteiger partial charge in [-0.3, -0.25) is 0 Å². The number of hydrogen-bond donors (Lipinski definition) is 2. The minimum atomic E-state index is -3.56. The topological polar surface area (TPSA) is 87.2 Å². The van der Waals surface area contributed by atoms with Crippen LogP contribution in [0, 0.1) is 5.92 Å². The molecule has 2 heterocycles. The van der Waals surface area contributed by atoms with Gasteiger partial charge in [0.05, 0.1) is 12.4 Å². The fourth-order valence-corrected chi connectivity index (χ4v) is 3.77. The molecule has 8 heteroatoms. The van der Waals surface area contributed by atoms with Gasteiger partial charge in [0.2, 0.25) is 16.0 Å². The van der Waals surface area contributed by atoms with Crippen molar-refractivity contribution in [2.75, 3.05) is 32.0 Å². The maximum absolute atomic E-state index is 12.4. The third kappa shape index (κ3) is 4.12. The molecule has 2 rings (SSSR count). The minimum absolute atomic E-state index is 0.0420. The molecule has 1 fully saturated rings. The third-order valence-electron chi connectivity index (χ3n) is 3.69. The first-order chi connectivity index (χ1) is 9.92. The van der Waals surface area contributed by atoms with Crippen LogP contribution in [0.2, 0.25) is 0 Å². The van der Waals surface area contributed by atoms with Gasteiger partial charge in [0.1, 0.15) is 4.90 Å². The summed E-state index contributed by atoms with van der Waals surface area (Å²) in [6.45, 7) is 6.47. The zero-order valence-electron chi connectivity index (χ0n) is 12.7. The lowest BCUT2D eigenvalue weighted by molar-refractivity contribution is 0.188. The van der Waals surface area contributed by atoms with E-state index in [1.165, 1.54) is 12.4 Å². The van der Waals surface area contributed by atoms with Crippen molar-refractivity contribution in [3.8, 4) is 0 Å². The molecule has 1 saturated heterocycles. The lowest BCUT2D eigenvalue weighted by Crippen LogP contribution is -2.48.